The lowest BCUT2D eigenvalue weighted by Crippen LogP contribution is -2.47. The average molecular weight is 262 g/mol. The van der Waals surface area contributed by atoms with Crippen molar-refractivity contribution in [2.45, 2.75) is 51.7 Å². The molecule has 1 aliphatic rings. The summed E-state index contributed by atoms with van der Waals surface area (Å²) in [6, 6.07) is 3.71. The molecule has 1 unspecified atom stereocenters. The number of hydrogen-bond donors (Lipinski definition) is 0. The Hall–Kier alpha value is -1.58. The lowest BCUT2D eigenvalue weighted by molar-refractivity contribution is -0.157. The number of rotatable bonds is 2. The molecule has 19 heavy (non-hydrogen) atoms. The number of piperidine rings is 1. The van der Waals surface area contributed by atoms with Gasteiger partial charge < -0.3 is 9.64 Å². The molecule has 4 nitrogen and oxygen atoms in total. The van der Waals surface area contributed by atoms with Crippen molar-refractivity contribution in [3.05, 3.63) is 24.5 Å². The molecule has 0 radical (unpaired) electrons. The van der Waals surface area contributed by atoms with Gasteiger partial charge in [-0.1, -0.05) is 0 Å². The maximum absolute atomic E-state index is 12.3. The van der Waals surface area contributed by atoms with Crippen molar-refractivity contribution in [1.29, 1.82) is 0 Å². The Kier molecular flexibility index (Phi) is 4.08. The van der Waals surface area contributed by atoms with Gasteiger partial charge in [0, 0.05) is 12.7 Å². The number of anilines is 1. The molecule has 4 heteroatoms. The predicted octanol–water partition coefficient (Wildman–Crippen LogP) is 2.78. The number of pyridine rings is 1. The number of hydrogen-bond acceptors (Lipinski definition) is 4. The van der Waals surface area contributed by atoms with Gasteiger partial charge in [0.2, 0.25) is 0 Å². The molecule has 1 aromatic heterocycles. The van der Waals surface area contributed by atoms with Gasteiger partial charge >= 0.3 is 5.97 Å². The van der Waals surface area contributed by atoms with Crippen LogP contribution in [0.3, 0.4) is 0 Å². The topological polar surface area (TPSA) is 42.4 Å². The smallest absolute Gasteiger partial charge is 0.329 e. The van der Waals surface area contributed by atoms with Crippen LogP contribution in [-0.2, 0) is 9.53 Å². The zero-order valence-electron chi connectivity index (χ0n) is 11.9. The van der Waals surface area contributed by atoms with E-state index in [0.29, 0.717) is 0 Å². The Bertz CT molecular complexity index is 426. The van der Waals surface area contributed by atoms with E-state index >= 15 is 0 Å². The van der Waals surface area contributed by atoms with E-state index in [1.54, 1.807) is 6.20 Å². The molecule has 0 bridgehead atoms. The Balaban J connectivity index is 2.15. The molecule has 1 aromatic rings. The maximum Gasteiger partial charge on any atom is 0.329 e. The first-order chi connectivity index (χ1) is 8.97. The fourth-order valence-electron chi connectivity index (χ4n) is 2.38. The van der Waals surface area contributed by atoms with Crippen LogP contribution in [0.1, 0.15) is 40.0 Å². The van der Waals surface area contributed by atoms with E-state index in [0.717, 1.165) is 31.5 Å². The molecule has 0 aromatic carbocycles. The van der Waals surface area contributed by atoms with E-state index in [2.05, 4.69) is 9.88 Å². The lowest BCUT2D eigenvalue weighted by Gasteiger charge is -2.37. The molecule has 0 saturated carbocycles. The van der Waals surface area contributed by atoms with E-state index in [4.69, 9.17) is 4.74 Å². The Morgan fingerprint density at radius 3 is 2.84 bits per heavy atom. The highest BCUT2D eigenvalue weighted by molar-refractivity contribution is 5.80. The Morgan fingerprint density at radius 1 is 1.42 bits per heavy atom. The number of carbonyl (C=O) groups is 1. The minimum atomic E-state index is -0.435. The van der Waals surface area contributed by atoms with Crippen molar-refractivity contribution < 1.29 is 9.53 Å². The molecule has 1 aliphatic heterocycles. The fourth-order valence-corrected chi connectivity index (χ4v) is 2.38. The molecule has 0 N–H and O–H groups in total. The fraction of sp³-hybridized carbons (Fsp3) is 0.600. The van der Waals surface area contributed by atoms with Gasteiger partial charge in [-0.3, -0.25) is 4.98 Å². The summed E-state index contributed by atoms with van der Waals surface area (Å²) in [5, 5.41) is 0. The van der Waals surface area contributed by atoms with Gasteiger partial charge in [-0.05, 0) is 52.2 Å². The van der Waals surface area contributed by atoms with E-state index in [1.165, 1.54) is 0 Å². The average Bonchev–Trinajstić information content (AvgIpc) is 2.38. The van der Waals surface area contributed by atoms with E-state index in [1.807, 2.05) is 39.1 Å². The molecule has 1 atom stereocenters. The first kappa shape index (κ1) is 13.8. The molecular weight excluding hydrogens is 240 g/mol. The van der Waals surface area contributed by atoms with Gasteiger partial charge in [0.15, 0.2) is 0 Å². The Morgan fingerprint density at radius 2 is 2.21 bits per heavy atom. The monoisotopic (exact) mass is 262 g/mol. The van der Waals surface area contributed by atoms with Crippen molar-refractivity contribution in [2.75, 3.05) is 11.4 Å². The molecule has 1 saturated heterocycles. The number of esters is 1. The summed E-state index contributed by atoms with van der Waals surface area (Å²) in [6.45, 7) is 6.60. The minimum absolute atomic E-state index is 0.129. The molecule has 2 heterocycles. The van der Waals surface area contributed by atoms with Crippen LogP contribution in [0.4, 0.5) is 5.69 Å². The van der Waals surface area contributed by atoms with Gasteiger partial charge in [-0.2, -0.15) is 0 Å². The number of ether oxygens (including phenoxy) is 1. The van der Waals surface area contributed by atoms with Gasteiger partial charge in [-0.25, -0.2) is 4.79 Å². The standard InChI is InChI=1S/C15H22N2O2/c1-15(2,3)19-14(18)13-8-4-5-10-17(13)12-7-6-9-16-11-12/h6-7,9,11,13H,4-5,8,10H2,1-3H3. The first-order valence-electron chi connectivity index (χ1n) is 6.87. The summed E-state index contributed by atoms with van der Waals surface area (Å²) in [6.07, 6.45) is 6.58. The second-order valence-corrected chi connectivity index (χ2v) is 5.95. The summed E-state index contributed by atoms with van der Waals surface area (Å²) < 4.78 is 5.53. The van der Waals surface area contributed by atoms with Crippen LogP contribution < -0.4 is 4.90 Å². The molecular formula is C15H22N2O2. The van der Waals surface area contributed by atoms with E-state index < -0.39 is 5.60 Å². The number of nitrogens with zero attached hydrogens (tertiary/aromatic N) is 2. The van der Waals surface area contributed by atoms with E-state index in [9.17, 15) is 4.79 Å². The maximum atomic E-state index is 12.3. The quantitative estimate of drug-likeness (QED) is 0.769. The van der Waals surface area contributed by atoms with Crippen LogP contribution in [0.5, 0.6) is 0 Å². The van der Waals surface area contributed by atoms with E-state index in [-0.39, 0.29) is 12.0 Å². The third kappa shape index (κ3) is 3.69. The SMILES string of the molecule is CC(C)(C)OC(=O)C1CCCCN1c1cccnc1. The largest absolute Gasteiger partial charge is 0.458 e. The van der Waals surface area contributed by atoms with Gasteiger partial charge in [0.05, 0.1) is 11.9 Å². The predicted molar refractivity (Wildman–Crippen MR) is 75.1 cm³/mol. The zero-order chi connectivity index (χ0) is 13.9. The molecule has 0 spiro atoms. The highest BCUT2D eigenvalue weighted by Crippen LogP contribution is 2.25. The third-order valence-corrected chi connectivity index (χ3v) is 3.16. The van der Waals surface area contributed by atoms with Crippen molar-refractivity contribution in [3.63, 3.8) is 0 Å². The van der Waals surface area contributed by atoms with Crippen molar-refractivity contribution in [3.8, 4) is 0 Å². The first-order valence-corrected chi connectivity index (χ1v) is 6.87. The van der Waals surface area contributed by atoms with Crippen LogP contribution in [0.25, 0.3) is 0 Å². The lowest BCUT2D eigenvalue weighted by atomic mass is 10.0. The van der Waals surface area contributed by atoms with Crippen LogP contribution in [0.15, 0.2) is 24.5 Å². The summed E-state index contributed by atoms with van der Waals surface area (Å²) in [5.41, 5.74) is 0.563. The van der Waals surface area contributed by atoms with Gasteiger partial charge in [0.25, 0.3) is 0 Å². The molecule has 0 amide bonds. The highest BCUT2D eigenvalue weighted by atomic mass is 16.6. The highest BCUT2D eigenvalue weighted by Gasteiger charge is 2.32. The van der Waals surface area contributed by atoms with Crippen molar-refractivity contribution >= 4 is 11.7 Å². The van der Waals surface area contributed by atoms with Crippen LogP contribution in [0.2, 0.25) is 0 Å². The summed E-state index contributed by atoms with van der Waals surface area (Å²) in [5.74, 6) is -0.129. The van der Waals surface area contributed by atoms with Crippen LogP contribution in [-0.4, -0.2) is 29.1 Å². The van der Waals surface area contributed by atoms with Crippen LogP contribution in [0, 0.1) is 0 Å². The minimum Gasteiger partial charge on any atom is -0.458 e. The second-order valence-electron chi connectivity index (χ2n) is 5.95. The summed E-state index contributed by atoms with van der Waals surface area (Å²) >= 11 is 0. The Labute approximate surface area is 114 Å². The zero-order valence-corrected chi connectivity index (χ0v) is 11.9. The van der Waals surface area contributed by atoms with Crippen LogP contribution >= 0.6 is 0 Å². The molecule has 104 valence electrons. The van der Waals surface area contributed by atoms with Gasteiger partial charge in [0.1, 0.15) is 11.6 Å². The molecule has 2 rings (SSSR count). The molecule has 0 aliphatic carbocycles. The van der Waals surface area contributed by atoms with Crippen molar-refractivity contribution in [1.82, 2.24) is 4.98 Å². The second kappa shape index (κ2) is 5.59. The normalized spacial score (nSPS) is 20.2. The molecule has 1 fully saturated rings. The number of carbonyl (C=O) groups excluding carboxylic acids is 1. The summed E-state index contributed by atoms with van der Waals surface area (Å²) in [7, 11) is 0. The summed E-state index contributed by atoms with van der Waals surface area (Å²) in [4.78, 5) is 18.6. The number of aromatic nitrogens is 1. The van der Waals surface area contributed by atoms with Crippen molar-refractivity contribution in [2.24, 2.45) is 0 Å². The van der Waals surface area contributed by atoms with Gasteiger partial charge in [-0.15, -0.1) is 0 Å². The third-order valence-electron chi connectivity index (χ3n) is 3.16.